The van der Waals surface area contributed by atoms with Gasteiger partial charge in [0.1, 0.15) is 4.88 Å². The van der Waals surface area contributed by atoms with Gasteiger partial charge in [-0.2, -0.15) is 0 Å². The van der Waals surface area contributed by atoms with Crippen molar-refractivity contribution in [3.05, 3.63) is 16.1 Å². The molecule has 0 radical (unpaired) electrons. The predicted molar refractivity (Wildman–Crippen MR) is 58.2 cm³/mol. The molecule has 1 aliphatic rings. The van der Waals surface area contributed by atoms with Crippen LogP contribution in [0.2, 0.25) is 0 Å². The largest absolute Gasteiger partial charge is 0.477 e. The second kappa shape index (κ2) is 4.72. The van der Waals surface area contributed by atoms with Crippen LogP contribution < -0.4 is 0 Å². The summed E-state index contributed by atoms with van der Waals surface area (Å²) >= 11 is 1.21. The predicted octanol–water partition coefficient (Wildman–Crippen LogP) is 1.83. The van der Waals surface area contributed by atoms with E-state index < -0.39 is 5.97 Å². The lowest BCUT2D eigenvalue weighted by molar-refractivity contribution is 0.0699. The first kappa shape index (κ1) is 10.6. The van der Waals surface area contributed by atoms with Crippen LogP contribution in [0.4, 0.5) is 0 Å². The van der Waals surface area contributed by atoms with Gasteiger partial charge in [0, 0.05) is 6.54 Å². The van der Waals surface area contributed by atoms with Gasteiger partial charge < -0.3 is 5.11 Å². The minimum atomic E-state index is -0.857. The molecule has 1 N–H and O–H groups in total. The number of aromatic carboxylic acids is 1. The fraction of sp³-hybridized carbons (Fsp3) is 0.600. The van der Waals surface area contributed by atoms with Gasteiger partial charge in [0.25, 0.3) is 0 Å². The zero-order valence-corrected chi connectivity index (χ0v) is 9.29. The second-order valence-electron chi connectivity index (χ2n) is 3.77. The van der Waals surface area contributed by atoms with Crippen molar-refractivity contribution in [1.29, 1.82) is 0 Å². The standard InChI is InChI=1S/C10H14N2O2S/c13-10(14)9-8(11-7-15-9)6-12-4-2-1-3-5-12/h7H,1-6H2,(H,13,14). The van der Waals surface area contributed by atoms with Gasteiger partial charge in [-0.25, -0.2) is 9.78 Å². The van der Waals surface area contributed by atoms with E-state index >= 15 is 0 Å². The number of rotatable bonds is 3. The number of likely N-dealkylation sites (tertiary alicyclic amines) is 1. The van der Waals surface area contributed by atoms with Crippen molar-refractivity contribution < 1.29 is 9.90 Å². The maximum atomic E-state index is 10.9. The topological polar surface area (TPSA) is 53.4 Å². The van der Waals surface area contributed by atoms with E-state index in [-0.39, 0.29) is 0 Å². The van der Waals surface area contributed by atoms with Gasteiger partial charge in [-0.15, -0.1) is 11.3 Å². The van der Waals surface area contributed by atoms with Gasteiger partial charge in [-0.1, -0.05) is 6.42 Å². The monoisotopic (exact) mass is 226 g/mol. The number of carbonyl (C=O) groups is 1. The molecule has 5 heteroatoms. The Balaban J connectivity index is 2.03. The Morgan fingerprint density at radius 1 is 1.47 bits per heavy atom. The van der Waals surface area contributed by atoms with Crippen molar-refractivity contribution in [1.82, 2.24) is 9.88 Å². The maximum Gasteiger partial charge on any atom is 0.347 e. The van der Waals surface area contributed by atoms with E-state index in [1.54, 1.807) is 5.51 Å². The Bertz CT molecular complexity index is 345. The van der Waals surface area contributed by atoms with E-state index in [1.165, 1.54) is 30.6 Å². The summed E-state index contributed by atoms with van der Waals surface area (Å²) in [4.78, 5) is 17.7. The first-order valence-electron chi connectivity index (χ1n) is 5.15. The Kier molecular flexibility index (Phi) is 3.33. The number of aromatic nitrogens is 1. The molecule has 4 nitrogen and oxygen atoms in total. The molecule has 0 unspecified atom stereocenters. The van der Waals surface area contributed by atoms with Gasteiger partial charge in [0.2, 0.25) is 0 Å². The van der Waals surface area contributed by atoms with Crippen molar-refractivity contribution in [2.75, 3.05) is 13.1 Å². The van der Waals surface area contributed by atoms with Crippen LogP contribution in [0.5, 0.6) is 0 Å². The van der Waals surface area contributed by atoms with Crippen LogP contribution in [0, 0.1) is 0 Å². The third kappa shape index (κ3) is 2.54. The molecule has 0 saturated carbocycles. The molecule has 1 fully saturated rings. The van der Waals surface area contributed by atoms with E-state index in [0.717, 1.165) is 18.8 Å². The maximum absolute atomic E-state index is 10.9. The molecule has 0 atom stereocenters. The van der Waals surface area contributed by atoms with Gasteiger partial charge in [0.05, 0.1) is 11.2 Å². The average molecular weight is 226 g/mol. The van der Waals surface area contributed by atoms with Crippen LogP contribution in [-0.4, -0.2) is 34.0 Å². The van der Waals surface area contributed by atoms with E-state index in [0.29, 0.717) is 11.4 Å². The van der Waals surface area contributed by atoms with Crippen LogP contribution in [-0.2, 0) is 6.54 Å². The lowest BCUT2D eigenvalue weighted by Gasteiger charge is -2.25. The third-order valence-corrected chi connectivity index (χ3v) is 3.51. The van der Waals surface area contributed by atoms with Crippen LogP contribution in [0.3, 0.4) is 0 Å². The number of hydrogen-bond donors (Lipinski definition) is 1. The molecule has 1 saturated heterocycles. The zero-order chi connectivity index (χ0) is 10.7. The quantitative estimate of drug-likeness (QED) is 0.854. The molecule has 0 bridgehead atoms. The summed E-state index contributed by atoms with van der Waals surface area (Å²) in [6.45, 7) is 2.82. The molecular weight excluding hydrogens is 212 g/mol. The summed E-state index contributed by atoms with van der Waals surface area (Å²) < 4.78 is 0. The normalized spacial score (nSPS) is 17.9. The molecule has 2 heterocycles. The molecule has 0 spiro atoms. The first-order chi connectivity index (χ1) is 7.27. The fourth-order valence-electron chi connectivity index (χ4n) is 1.89. The smallest absolute Gasteiger partial charge is 0.347 e. The number of carboxylic acid groups (broad SMARTS) is 1. The molecule has 0 aromatic carbocycles. The van der Waals surface area contributed by atoms with Gasteiger partial charge >= 0.3 is 5.97 Å². The summed E-state index contributed by atoms with van der Waals surface area (Å²) in [5.74, 6) is -0.857. The average Bonchev–Trinajstić information content (AvgIpc) is 2.67. The molecule has 0 amide bonds. The molecule has 1 aromatic rings. The molecular formula is C10H14N2O2S. The minimum absolute atomic E-state index is 0.389. The van der Waals surface area contributed by atoms with Crippen molar-refractivity contribution >= 4 is 17.3 Å². The van der Waals surface area contributed by atoms with Crippen molar-refractivity contribution in [3.63, 3.8) is 0 Å². The Morgan fingerprint density at radius 2 is 2.20 bits per heavy atom. The highest BCUT2D eigenvalue weighted by Crippen LogP contribution is 2.17. The molecule has 0 aliphatic carbocycles. The highest BCUT2D eigenvalue weighted by Gasteiger charge is 2.17. The van der Waals surface area contributed by atoms with Crippen molar-refractivity contribution in [3.8, 4) is 0 Å². The summed E-state index contributed by atoms with van der Waals surface area (Å²) in [5.41, 5.74) is 2.33. The Labute approximate surface area is 92.6 Å². The lowest BCUT2D eigenvalue weighted by Crippen LogP contribution is -2.29. The van der Waals surface area contributed by atoms with Gasteiger partial charge in [-0.05, 0) is 25.9 Å². The minimum Gasteiger partial charge on any atom is -0.477 e. The van der Waals surface area contributed by atoms with Gasteiger partial charge in [0.15, 0.2) is 0 Å². The third-order valence-electron chi connectivity index (χ3n) is 2.66. The summed E-state index contributed by atoms with van der Waals surface area (Å²) in [7, 11) is 0. The summed E-state index contributed by atoms with van der Waals surface area (Å²) in [5, 5.41) is 8.94. The van der Waals surface area contributed by atoms with Crippen molar-refractivity contribution in [2.45, 2.75) is 25.8 Å². The summed E-state index contributed by atoms with van der Waals surface area (Å²) in [6.07, 6.45) is 3.72. The highest BCUT2D eigenvalue weighted by molar-refractivity contribution is 7.11. The fourth-order valence-corrected chi connectivity index (χ4v) is 2.52. The first-order valence-corrected chi connectivity index (χ1v) is 6.03. The van der Waals surface area contributed by atoms with Crippen LogP contribution >= 0.6 is 11.3 Å². The summed E-state index contributed by atoms with van der Waals surface area (Å²) in [6, 6.07) is 0. The van der Waals surface area contributed by atoms with Crippen LogP contribution in [0.1, 0.15) is 34.6 Å². The van der Waals surface area contributed by atoms with Crippen LogP contribution in [0.25, 0.3) is 0 Å². The van der Waals surface area contributed by atoms with E-state index in [9.17, 15) is 4.79 Å². The SMILES string of the molecule is O=C(O)c1scnc1CN1CCCCC1. The Morgan fingerprint density at radius 3 is 2.87 bits per heavy atom. The van der Waals surface area contributed by atoms with Crippen molar-refractivity contribution in [2.24, 2.45) is 0 Å². The van der Waals surface area contributed by atoms with E-state index in [1.807, 2.05) is 0 Å². The number of carboxylic acids is 1. The zero-order valence-electron chi connectivity index (χ0n) is 8.48. The van der Waals surface area contributed by atoms with E-state index in [2.05, 4.69) is 9.88 Å². The molecule has 2 rings (SSSR count). The second-order valence-corrected chi connectivity index (χ2v) is 4.62. The van der Waals surface area contributed by atoms with Gasteiger partial charge in [-0.3, -0.25) is 4.90 Å². The Hall–Kier alpha value is -0.940. The number of hydrogen-bond acceptors (Lipinski definition) is 4. The number of piperidine rings is 1. The molecule has 1 aromatic heterocycles. The molecule has 1 aliphatic heterocycles. The lowest BCUT2D eigenvalue weighted by atomic mass is 10.1. The van der Waals surface area contributed by atoms with E-state index in [4.69, 9.17) is 5.11 Å². The number of thiazole rings is 1. The number of nitrogens with zero attached hydrogens (tertiary/aromatic N) is 2. The molecule has 15 heavy (non-hydrogen) atoms. The van der Waals surface area contributed by atoms with Crippen LogP contribution in [0.15, 0.2) is 5.51 Å². The highest BCUT2D eigenvalue weighted by atomic mass is 32.1. The molecule has 82 valence electrons.